The first-order valence-corrected chi connectivity index (χ1v) is 7.14. The molecule has 1 aromatic heterocycles. The van der Waals surface area contributed by atoms with Gasteiger partial charge in [0, 0.05) is 17.3 Å². The standard InChI is InChI=1S/C17H18N2O3/c1-4-21-13-7-12(8-14(9-13)22-5-2)15-6-11(3)19-17(20)16(15)10-18/h6-9H,4-5H2,1-3H3,(H,19,20). The number of rotatable bonds is 5. The third kappa shape index (κ3) is 3.29. The van der Waals surface area contributed by atoms with E-state index in [0.29, 0.717) is 36.0 Å². The van der Waals surface area contributed by atoms with Crippen LogP contribution in [0.2, 0.25) is 0 Å². The third-order valence-corrected chi connectivity index (χ3v) is 3.09. The Morgan fingerprint density at radius 1 is 1.09 bits per heavy atom. The largest absolute Gasteiger partial charge is 0.494 e. The summed E-state index contributed by atoms with van der Waals surface area (Å²) in [6.45, 7) is 6.61. The van der Waals surface area contributed by atoms with E-state index in [9.17, 15) is 10.1 Å². The smallest absolute Gasteiger partial charge is 0.266 e. The van der Waals surface area contributed by atoms with Gasteiger partial charge in [0.1, 0.15) is 23.1 Å². The van der Waals surface area contributed by atoms with Crippen molar-refractivity contribution in [2.24, 2.45) is 0 Å². The maximum absolute atomic E-state index is 11.9. The summed E-state index contributed by atoms with van der Waals surface area (Å²) < 4.78 is 11.1. The van der Waals surface area contributed by atoms with Crippen LogP contribution in [-0.4, -0.2) is 18.2 Å². The van der Waals surface area contributed by atoms with Crippen LogP contribution in [0.3, 0.4) is 0 Å². The van der Waals surface area contributed by atoms with Gasteiger partial charge in [-0.25, -0.2) is 0 Å². The average Bonchev–Trinajstić information content (AvgIpc) is 2.47. The second kappa shape index (κ2) is 6.81. The lowest BCUT2D eigenvalue weighted by Crippen LogP contribution is -2.12. The predicted octanol–water partition coefficient (Wildman–Crippen LogP) is 3.02. The van der Waals surface area contributed by atoms with Gasteiger partial charge >= 0.3 is 0 Å². The van der Waals surface area contributed by atoms with Crippen molar-refractivity contribution < 1.29 is 9.47 Å². The second-order valence-corrected chi connectivity index (χ2v) is 4.74. The van der Waals surface area contributed by atoms with E-state index < -0.39 is 5.56 Å². The van der Waals surface area contributed by atoms with Gasteiger partial charge in [0.05, 0.1) is 13.2 Å². The first-order chi connectivity index (χ1) is 10.6. The first-order valence-electron chi connectivity index (χ1n) is 7.14. The average molecular weight is 298 g/mol. The molecule has 2 rings (SSSR count). The molecule has 1 heterocycles. The Labute approximate surface area is 129 Å². The van der Waals surface area contributed by atoms with Crippen LogP contribution in [0.15, 0.2) is 29.1 Å². The van der Waals surface area contributed by atoms with Crippen LogP contribution in [0.1, 0.15) is 25.1 Å². The van der Waals surface area contributed by atoms with Gasteiger partial charge in [-0.3, -0.25) is 4.79 Å². The van der Waals surface area contributed by atoms with Gasteiger partial charge in [0.25, 0.3) is 5.56 Å². The van der Waals surface area contributed by atoms with Crippen LogP contribution in [0.4, 0.5) is 0 Å². The summed E-state index contributed by atoms with van der Waals surface area (Å²) in [5.74, 6) is 1.29. The van der Waals surface area contributed by atoms with Gasteiger partial charge in [-0.2, -0.15) is 5.26 Å². The minimum atomic E-state index is -0.391. The van der Waals surface area contributed by atoms with Crippen molar-refractivity contribution in [3.63, 3.8) is 0 Å². The molecule has 0 bridgehead atoms. The molecule has 0 saturated heterocycles. The number of pyridine rings is 1. The number of hydrogen-bond acceptors (Lipinski definition) is 4. The molecular weight excluding hydrogens is 280 g/mol. The fourth-order valence-electron chi connectivity index (χ4n) is 2.25. The Balaban J connectivity index is 2.66. The normalized spacial score (nSPS) is 10.1. The number of nitriles is 1. The second-order valence-electron chi connectivity index (χ2n) is 4.74. The van der Waals surface area contributed by atoms with Gasteiger partial charge in [-0.15, -0.1) is 0 Å². The molecule has 0 aliphatic rings. The molecule has 0 spiro atoms. The van der Waals surface area contributed by atoms with Gasteiger partial charge in [-0.05, 0) is 44.5 Å². The summed E-state index contributed by atoms with van der Waals surface area (Å²) in [4.78, 5) is 14.6. The van der Waals surface area contributed by atoms with Crippen LogP contribution < -0.4 is 15.0 Å². The maximum atomic E-state index is 11.9. The number of ether oxygens (including phenoxy) is 2. The Bertz CT molecular complexity index is 748. The molecule has 0 amide bonds. The van der Waals surface area contributed by atoms with Crippen LogP contribution >= 0.6 is 0 Å². The quantitative estimate of drug-likeness (QED) is 0.920. The zero-order valence-corrected chi connectivity index (χ0v) is 12.9. The van der Waals surface area contributed by atoms with Crippen LogP contribution in [0, 0.1) is 18.3 Å². The minimum absolute atomic E-state index is 0.0849. The number of nitrogens with one attached hydrogen (secondary N) is 1. The molecule has 0 saturated carbocycles. The third-order valence-electron chi connectivity index (χ3n) is 3.09. The molecule has 22 heavy (non-hydrogen) atoms. The Kier molecular flexibility index (Phi) is 4.84. The van der Waals surface area contributed by atoms with E-state index in [-0.39, 0.29) is 5.56 Å². The van der Waals surface area contributed by atoms with Crippen LogP contribution in [-0.2, 0) is 0 Å². The summed E-state index contributed by atoms with van der Waals surface area (Å²) in [5, 5.41) is 9.26. The molecule has 0 atom stereocenters. The summed E-state index contributed by atoms with van der Waals surface area (Å²) in [6, 6.07) is 9.15. The highest BCUT2D eigenvalue weighted by molar-refractivity contribution is 5.73. The monoisotopic (exact) mass is 298 g/mol. The van der Waals surface area contributed by atoms with Gasteiger partial charge in [-0.1, -0.05) is 0 Å². The van der Waals surface area contributed by atoms with Gasteiger partial charge in [0.15, 0.2) is 0 Å². The summed E-state index contributed by atoms with van der Waals surface area (Å²) in [5.41, 5.74) is 1.68. The molecule has 2 aromatic rings. The molecule has 0 fully saturated rings. The lowest BCUT2D eigenvalue weighted by Gasteiger charge is -2.12. The Hall–Kier alpha value is -2.74. The predicted molar refractivity (Wildman–Crippen MR) is 84.3 cm³/mol. The molecule has 5 heteroatoms. The summed E-state index contributed by atoms with van der Waals surface area (Å²) >= 11 is 0. The van der Waals surface area contributed by atoms with E-state index in [0.717, 1.165) is 5.56 Å². The van der Waals surface area contributed by atoms with Gasteiger partial charge in [0.2, 0.25) is 0 Å². The van der Waals surface area contributed by atoms with Crippen molar-refractivity contribution in [2.75, 3.05) is 13.2 Å². The lowest BCUT2D eigenvalue weighted by atomic mass is 10.0. The van der Waals surface area contributed by atoms with E-state index >= 15 is 0 Å². The summed E-state index contributed by atoms with van der Waals surface area (Å²) in [6.07, 6.45) is 0. The van der Waals surface area contributed by atoms with E-state index in [2.05, 4.69) is 4.98 Å². The number of benzene rings is 1. The van der Waals surface area contributed by atoms with Crippen molar-refractivity contribution in [3.8, 4) is 28.7 Å². The van der Waals surface area contributed by atoms with E-state index in [4.69, 9.17) is 9.47 Å². The lowest BCUT2D eigenvalue weighted by molar-refractivity contribution is 0.323. The highest BCUT2D eigenvalue weighted by Crippen LogP contribution is 2.31. The first kappa shape index (κ1) is 15.6. The van der Waals surface area contributed by atoms with Crippen molar-refractivity contribution in [1.29, 1.82) is 5.26 Å². The highest BCUT2D eigenvalue weighted by atomic mass is 16.5. The minimum Gasteiger partial charge on any atom is -0.494 e. The molecule has 1 N–H and O–H groups in total. The molecular formula is C17H18N2O3. The number of aryl methyl sites for hydroxylation is 1. The number of H-pyrrole nitrogens is 1. The fourth-order valence-corrected chi connectivity index (χ4v) is 2.25. The van der Waals surface area contributed by atoms with Crippen molar-refractivity contribution in [1.82, 2.24) is 4.98 Å². The molecule has 5 nitrogen and oxygen atoms in total. The van der Waals surface area contributed by atoms with E-state index in [1.54, 1.807) is 31.2 Å². The molecule has 0 aliphatic heterocycles. The molecule has 1 aromatic carbocycles. The number of aromatic nitrogens is 1. The zero-order valence-electron chi connectivity index (χ0n) is 12.9. The molecule has 0 radical (unpaired) electrons. The molecule has 114 valence electrons. The Morgan fingerprint density at radius 3 is 2.18 bits per heavy atom. The van der Waals surface area contributed by atoms with Crippen LogP contribution in [0.25, 0.3) is 11.1 Å². The SMILES string of the molecule is CCOc1cc(OCC)cc(-c2cc(C)[nH]c(=O)c2C#N)c1. The Morgan fingerprint density at radius 2 is 1.68 bits per heavy atom. The number of aromatic amines is 1. The summed E-state index contributed by atoms with van der Waals surface area (Å²) in [7, 11) is 0. The number of nitrogens with zero attached hydrogens (tertiary/aromatic N) is 1. The topological polar surface area (TPSA) is 75.1 Å². The highest BCUT2D eigenvalue weighted by Gasteiger charge is 2.13. The van der Waals surface area contributed by atoms with Crippen molar-refractivity contribution in [3.05, 3.63) is 45.9 Å². The van der Waals surface area contributed by atoms with E-state index in [1.807, 2.05) is 19.9 Å². The van der Waals surface area contributed by atoms with Crippen LogP contribution in [0.5, 0.6) is 11.5 Å². The van der Waals surface area contributed by atoms with Gasteiger partial charge < -0.3 is 14.5 Å². The molecule has 0 unspecified atom stereocenters. The molecule has 0 aliphatic carbocycles. The fraction of sp³-hybridized carbons (Fsp3) is 0.294. The van der Waals surface area contributed by atoms with Crippen molar-refractivity contribution >= 4 is 0 Å². The van der Waals surface area contributed by atoms with Crippen molar-refractivity contribution in [2.45, 2.75) is 20.8 Å². The maximum Gasteiger partial charge on any atom is 0.266 e. The zero-order chi connectivity index (χ0) is 16.1. The number of hydrogen-bond donors (Lipinski definition) is 1. The van der Waals surface area contributed by atoms with E-state index in [1.165, 1.54) is 0 Å².